The second-order valence-corrected chi connectivity index (χ2v) is 2.03. The van der Waals surface area contributed by atoms with E-state index in [1.165, 1.54) is 12.3 Å². The van der Waals surface area contributed by atoms with E-state index in [0.29, 0.717) is 0 Å². The highest BCUT2D eigenvalue weighted by Gasteiger charge is 2.09. The molecule has 2 rings (SSSR count). The summed E-state index contributed by atoms with van der Waals surface area (Å²) in [6, 6.07) is 1.33. The third-order valence-electron chi connectivity index (χ3n) is 1.32. The van der Waals surface area contributed by atoms with Gasteiger partial charge in [-0.2, -0.15) is 4.52 Å². The van der Waals surface area contributed by atoms with E-state index >= 15 is 0 Å². The lowest BCUT2D eigenvalue weighted by molar-refractivity contribution is 0.0687. The molecule has 0 atom stereocenters. The maximum absolute atomic E-state index is 10.6. The molecule has 0 aromatic carbocycles. The van der Waals surface area contributed by atoms with Gasteiger partial charge in [0.25, 0.3) is 5.78 Å². The van der Waals surface area contributed by atoms with Gasteiger partial charge in [0.1, 0.15) is 0 Å². The number of fused-ring (bicyclic) bond motifs is 1. The standard InChI is InChI=1S/C5H3N5O2/c11-4(12)3-1-2-6-5-7-8-9-10(3)5/h1-2H,(H,11,12). The maximum atomic E-state index is 10.6. The van der Waals surface area contributed by atoms with E-state index < -0.39 is 5.97 Å². The van der Waals surface area contributed by atoms with Crippen molar-refractivity contribution in [2.24, 2.45) is 0 Å². The van der Waals surface area contributed by atoms with Crippen LogP contribution in [0.4, 0.5) is 0 Å². The molecule has 0 bridgehead atoms. The Hall–Kier alpha value is -2.05. The van der Waals surface area contributed by atoms with Crippen molar-refractivity contribution in [3.63, 3.8) is 0 Å². The van der Waals surface area contributed by atoms with E-state index in [4.69, 9.17) is 5.11 Å². The minimum atomic E-state index is -1.09. The molecule has 2 heterocycles. The van der Waals surface area contributed by atoms with Gasteiger partial charge in [-0.25, -0.2) is 9.78 Å². The molecule has 0 spiro atoms. The van der Waals surface area contributed by atoms with Crippen LogP contribution in [0.25, 0.3) is 5.78 Å². The molecule has 0 unspecified atom stereocenters. The first-order valence-electron chi connectivity index (χ1n) is 3.05. The summed E-state index contributed by atoms with van der Waals surface area (Å²) in [4.78, 5) is 14.3. The normalized spacial score (nSPS) is 10.3. The molecule has 0 fully saturated rings. The molecule has 1 N–H and O–H groups in total. The van der Waals surface area contributed by atoms with Crippen molar-refractivity contribution in [1.29, 1.82) is 0 Å². The predicted molar refractivity (Wildman–Crippen MR) is 35.5 cm³/mol. The number of nitrogens with zero attached hydrogens (tertiary/aromatic N) is 5. The quantitative estimate of drug-likeness (QED) is 0.595. The number of rotatable bonds is 1. The number of aromatic carboxylic acids is 1. The maximum Gasteiger partial charge on any atom is 0.354 e. The molecule has 0 saturated heterocycles. The van der Waals surface area contributed by atoms with Crippen molar-refractivity contribution in [2.75, 3.05) is 0 Å². The average molecular weight is 165 g/mol. The zero-order valence-electron chi connectivity index (χ0n) is 5.75. The molecule has 0 radical (unpaired) electrons. The molecule has 0 aliphatic heterocycles. The third kappa shape index (κ3) is 0.797. The fourth-order valence-corrected chi connectivity index (χ4v) is 0.826. The van der Waals surface area contributed by atoms with Gasteiger partial charge in [-0.05, 0) is 16.5 Å². The molecule has 60 valence electrons. The minimum absolute atomic E-state index is 0.00926. The molecule has 7 heteroatoms. The number of hydrogen-bond acceptors (Lipinski definition) is 5. The lowest BCUT2D eigenvalue weighted by atomic mass is 10.4. The van der Waals surface area contributed by atoms with Crippen LogP contribution < -0.4 is 0 Å². The molecule has 7 nitrogen and oxygen atoms in total. The number of aromatic nitrogens is 5. The van der Waals surface area contributed by atoms with E-state index in [9.17, 15) is 4.79 Å². The molecule has 0 aliphatic carbocycles. The summed E-state index contributed by atoms with van der Waals surface area (Å²) in [6.45, 7) is 0. The summed E-state index contributed by atoms with van der Waals surface area (Å²) in [5.41, 5.74) is -0.00926. The fourth-order valence-electron chi connectivity index (χ4n) is 0.826. The van der Waals surface area contributed by atoms with Gasteiger partial charge >= 0.3 is 5.97 Å². The number of carbonyl (C=O) groups is 1. The van der Waals surface area contributed by atoms with Crippen LogP contribution in [-0.4, -0.2) is 36.1 Å². The number of carboxylic acid groups (broad SMARTS) is 1. The minimum Gasteiger partial charge on any atom is -0.477 e. The van der Waals surface area contributed by atoms with Gasteiger partial charge in [-0.1, -0.05) is 5.10 Å². The van der Waals surface area contributed by atoms with Crippen molar-refractivity contribution in [3.05, 3.63) is 18.0 Å². The Morgan fingerprint density at radius 3 is 3.17 bits per heavy atom. The van der Waals surface area contributed by atoms with Crippen LogP contribution in [0.1, 0.15) is 10.5 Å². The Morgan fingerprint density at radius 1 is 1.58 bits per heavy atom. The van der Waals surface area contributed by atoms with Crippen molar-refractivity contribution >= 4 is 11.7 Å². The highest BCUT2D eigenvalue weighted by atomic mass is 16.4. The summed E-state index contributed by atoms with van der Waals surface area (Å²) >= 11 is 0. The van der Waals surface area contributed by atoms with Crippen LogP contribution in [-0.2, 0) is 0 Å². The van der Waals surface area contributed by atoms with Gasteiger partial charge < -0.3 is 5.11 Å². The predicted octanol–water partition coefficient (Wildman–Crippen LogP) is -0.783. The van der Waals surface area contributed by atoms with Crippen LogP contribution in [0, 0.1) is 0 Å². The number of carboxylic acids is 1. The number of tetrazole rings is 1. The average Bonchev–Trinajstić information content (AvgIpc) is 2.49. The summed E-state index contributed by atoms with van der Waals surface area (Å²) in [5, 5.41) is 18.9. The van der Waals surface area contributed by atoms with E-state index in [1.54, 1.807) is 0 Å². The molecular formula is C5H3N5O2. The first-order valence-corrected chi connectivity index (χ1v) is 3.05. The first-order chi connectivity index (χ1) is 5.79. The molecule has 0 aliphatic rings. The van der Waals surface area contributed by atoms with Crippen molar-refractivity contribution in [1.82, 2.24) is 25.0 Å². The lowest BCUT2D eigenvalue weighted by Gasteiger charge is -1.93. The molecule has 2 aromatic rings. The van der Waals surface area contributed by atoms with Crippen LogP contribution in [0.5, 0.6) is 0 Å². The summed E-state index contributed by atoms with van der Waals surface area (Å²) < 4.78 is 1.06. The van der Waals surface area contributed by atoms with E-state index in [0.717, 1.165) is 4.52 Å². The van der Waals surface area contributed by atoms with Gasteiger partial charge in [-0.3, -0.25) is 0 Å². The van der Waals surface area contributed by atoms with Crippen LogP contribution in [0.15, 0.2) is 12.3 Å². The van der Waals surface area contributed by atoms with Gasteiger partial charge in [0.05, 0.1) is 0 Å². The zero-order valence-corrected chi connectivity index (χ0v) is 5.75. The van der Waals surface area contributed by atoms with Crippen LogP contribution in [0.2, 0.25) is 0 Å². The second kappa shape index (κ2) is 2.22. The van der Waals surface area contributed by atoms with E-state index in [-0.39, 0.29) is 11.5 Å². The highest BCUT2D eigenvalue weighted by molar-refractivity contribution is 5.85. The van der Waals surface area contributed by atoms with Gasteiger partial charge in [0.15, 0.2) is 5.69 Å². The Labute approximate surface area is 65.7 Å². The molecule has 0 amide bonds. The summed E-state index contributed by atoms with van der Waals surface area (Å²) in [6.07, 6.45) is 1.34. The Bertz CT molecular complexity index is 436. The highest BCUT2D eigenvalue weighted by Crippen LogP contribution is 1.98. The fraction of sp³-hybridized carbons (Fsp3) is 0. The van der Waals surface area contributed by atoms with Crippen molar-refractivity contribution < 1.29 is 9.90 Å². The lowest BCUT2D eigenvalue weighted by Crippen LogP contribution is -2.06. The second-order valence-electron chi connectivity index (χ2n) is 2.03. The Balaban J connectivity index is 2.82. The topological polar surface area (TPSA) is 93.3 Å². The molecule has 12 heavy (non-hydrogen) atoms. The van der Waals surface area contributed by atoms with Crippen LogP contribution in [0.3, 0.4) is 0 Å². The van der Waals surface area contributed by atoms with Gasteiger partial charge in [-0.15, -0.1) is 0 Å². The summed E-state index contributed by atoms with van der Waals surface area (Å²) in [5.74, 6) is -0.912. The van der Waals surface area contributed by atoms with Gasteiger partial charge in [0.2, 0.25) is 0 Å². The van der Waals surface area contributed by atoms with E-state index in [2.05, 4.69) is 20.5 Å². The zero-order chi connectivity index (χ0) is 8.55. The molecule has 0 saturated carbocycles. The largest absolute Gasteiger partial charge is 0.477 e. The number of hydrogen-bond donors (Lipinski definition) is 1. The van der Waals surface area contributed by atoms with Crippen molar-refractivity contribution in [3.8, 4) is 0 Å². The van der Waals surface area contributed by atoms with Crippen molar-refractivity contribution in [2.45, 2.75) is 0 Å². The monoisotopic (exact) mass is 165 g/mol. The Morgan fingerprint density at radius 2 is 2.42 bits per heavy atom. The SMILES string of the molecule is O=C(O)c1ccnc2nnnn12. The van der Waals surface area contributed by atoms with E-state index in [1.807, 2.05) is 0 Å². The molecular weight excluding hydrogens is 162 g/mol. The smallest absolute Gasteiger partial charge is 0.354 e. The Kier molecular flexibility index (Phi) is 1.23. The third-order valence-corrected chi connectivity index (χ3v) is 1.32. The van der Waals surface area contributed by atoms with Gasteiger partial charge in [0, 0.05) is 6.20 Å². The van der Waals surface area contributed by atoms with Crippen LogP contribution >= 0.6 is 0 Å². The summed E-state index contributed by atoms with van der Waals surface area (Å²) in [7, 11) is 0. The first kappa shape index (κ1) is 6.65. The molecule has 2 aromatic heterocycles.